The van der Waals surface area contributed by atoms with Crippen molar-refractivity contribution in [3.8, 4) is 5.69 Å². The molecule has 0 bridgehead atoms. The van der Waals surface area contributed by atoms with E-state index in [2.05, 4.69) is 70.5 Å². The third-order valence-corrected chi connectivity index (χ3v) is 15.5. The van der Waals surface area contributed by atoms with Crippen LogP contribution in [-0.2, 0) is 23.9 Å². The van der Waals surface area contributed by atoms with Crippen molar-refractivity contribution in [1.82, 2.24) is 24.9 Å². The maximum Gasteiger partial charge on any atom is 0.319 e. The number of hydrogen-bond donors (Lipinski definition) is 2. The van der Waals surface area contributed by atoms with Crippen molar-refractivity contribution in [2.45, 2.75) is 111 Å². The van der Waals surface area contributed by atoms with Gasteiger partial charge in [-0.05, 0) is 85.3 Å². The van der Waals surface area contributed by atoms with Crippen LogP contribution in [0.3, 0.4) is 0 Å². The third-order valence-electron chi connectivity index (χ3n) is 11.0. The first-order valence-corrected chi connectivity index (χ1v) is 22.7. The number of nitrogens with one attached hydrogen (secondary N) is 2. The van der Waals surface area contributed by atoms with Gasteiger partial charge in [-0.25, -0.2) is 9.48 Å². The summed E-state index contributed by atoms with van der Waals surface area (Å²) in [6, 6.07) is 24.5. The summed E-state index contributed by atoms with van der Waals surface area (Å²) in [5.74, 6) is -0.308. The molecular formula is C44H60N6O4Si. The van der Waals surface area contributed by atoms with Crippen LogP contribution in [0.1, 0.15) is 104 Å². The van der Waals surface area contributed by atoms with E-state index in [1.807, 2.05) is 59.2 Å². The second-order valence-electron chi connectivity index (χ2n) is 16.2. The maximum atomic E-state index is 15.1. The van der Waals surface area contributed by atoms with Crippen LogP contribution in [-0.4, -0.2) is 71.5 Å². The summed E-state index contributed by atoms with van der Waals surface area (Å²) in [6.45, 7) is 19.8. The molecule has 5 rings (SSSR count). The van der Waals surface area contributed by atoms with E-state index < -0.39 is 8.32 Å². The maximum absolute atomic E-state index is 15.1. The fourth-order valence-corrected chi connectivity index (χ4v) is 7.61. The smallest absolute Gasteiger partial charge is 0.319 e. The minimum Gasteiger partial charge on any atom is -0.415 e. The number of unbranched alkanes of at least 4 members (excludes halogenated alkanes) is 2. The largest absolute Gasteiger partial charge is 0.415 e. The molecule has 0 saturated carbocycles. The van der Waals surface area contributed by atoms with Crippen LogP contribution in [0.15, 0.2) is 78.9 Å². The lowest BCUT2D eigenvalue weighted by atomic mass is 9.93. The zero-order valence-corrected chi connectivity index (χ0v) is 35.1. The van der Waals surface area contributed by atoms with Crippen molar-refractivity contribution in [1.29, 1.82) is 0 Å². The molecule has 0 aliphatic carbocycles. The van der Waals surface area contributed by atoms with Crippen LogP contribution < -0.4 is 10.6 Å². The molecule has 0 saturated heterocycles. The first-order valence-electron chi connectivity index (χ1n) is 19.8. The molecule has 11 heteroatoms. The highest BCUT2D eigenvalue weighted by molar-refractivity contribution is 6.74. The number of fused-ring (bicyclic) bond motifs is 1. The molecule has 4 aromatic rings. The highest BCUT2D eigenvalue weighted by atomic mass is 28.4. The zero-order chi connectivity index (χ0) is 39.8. The molecule has 0 fully saturated rings. The van der Waals surface area contributed by atoms with E-state index in [4.69, 9.17) is 9.52 Å². The van der Waals surface area contributed by atoms with E-state index in [-0.39, 0.29) is 28.9 Å². The minimum absolute atomic E-state index is 0.0120. The highest BCUT2D eigenvalue weighted by Gasteiger charge is 2.40. The molecule has 1 aliphatic rings. The summed E-state index contributed by atoms with van der Waals surface area (Å²) >= 11 is 0. The number of carbonyl (C=O) groups is 3. The fraction of sp³-hybridized carbons (Fsp3) is 0.455. The SMILES string of the molecule is CCCCN(CCCC)C(=O)c1cc(C)n(-c2ccc(NC(=O)NCc3ccccc3)cc2C(=O)N2Cc3ccccc3CC2CO[Si](C)(C)C(C)(C)C)n1. The molecule has 1 atom stereocenters. The third kappa shape index (κ3) is 10.3. The molecular weight excluding hydrogens is 705 g/mol. The number of hydrogen-bond acceptors (Lipinski definition) is 5. The van der Waals surface area contributed by atoms with Gasteiger partial charge in [0, 0.05) is 37.6 Å². The van der Waals surface area contributed by atoms with Gasteiger partial charge in [-0.1, -0.05) is 102 Å². The van der Waals surface area contributed by atoms with E-state index in [0.29, 0.717) is 61.8 Å². The summed E-state index contributed by atoms with van der Waals surface area (Å²) in [5, 5.41) is 10.7. The number of nitrogens with zero attached hydrogens (tertiary/aromatic N) is 4. The Morgan fingerprint density at radius 3 is 2.22 bits per heavy atom. The van der Waals surface area contributed by atoms with Gasteiger partial charge in [-0.3, -0.25) is 9.59 Å². The standard InChI is InChI=1S/C44H60N6O4Si/c1-9-11-24-48(25-12-10-2)42(52)39-26-32(3)50(47-39)40-23-22-36(46-43(53)45-29-33-18-14-13-15-19-33)28-38(40)41(51)49-30-35-21-17-16-20-34(35)27-37(49)31-54-55(7,8)44(4,5)6/h13-23,26,28,37H,9-12,24-25,27,29-31H2,1-8H3,(H2,45,46,53). The summed E-state index contributed by atoms with van der Waals surface area (Å²) in [6.07, 6.45) is 4.47. The van der Waals surface area contributed by atoms with Crippen molar-refractivity contribution in [2.24, 2.45) is 0 Å². The monoisotopic (exact) mass is 764 g/mol. The zero-order valence-electron chi connectivity index (χ0n) is 34.1. The summed E-state index contributed by atoms with van der Waals surface area (Å²) in [5.41, 5.74) is 5.73. The van der Waals surface area contributed by atoms with Crippen molar-refractivity contribution in [2.75, 3.05) is 25.0 Å². The molecule has 294 valence electrons. The van der Waals surface area contributed by atoms with E-state index in [0.717, 1.165) is 42.5 Å². The molecule has 4 amide bonds. The van der Waals surface area contributed by atoms with E-state index in [1.165, 1.54) is 5.56 Å². The topological polar surface area (TPSA) is 109 Å². The van der Waals surface area contributed by atoms with Gasteiger partial charge in [0.05, 0.1) is 23.9 Å². The Hall–Kier alpha value is -4.74. The van der Waals surface area contributed by atoms with Crippen LogP contribution in [0.4, 0.5) is 10.5 Å². The number of aryl methyl sites for hydroxylation is 1. The van der Waals surface area contributed by atoms with Gasteiger partial charge in [0.25, 0.3) is 11.8 Å². The van der Waals surface area contributed by atoms with Crippen LogP contribution in [0.2, 0.25) is 18.1 Å². The minimum atomic E-state index is -2.13. The molecule has 55 heavy (non-hydrogen) atoms. The average Bonchev–Trinajstić information content (AvgIpc) is 3.56. The molecule has 1 unspecified atom stereocenters. The Bertz CT molecular complexity index is 1930. The number of aromatic nitrogens is 2. The Morgan fingerprint density at radius 1 is 0.909 bits per heavy atom. The van der Waals surface area contributed by atoms with Crippen molar-refractivity contribution < 1.29 is 18.8 Å². The van der Waals surface area contributed by atoms with Gasteiger partial charge in [0.2, 0.25) is 0 Å². The number of rotatable bonds is 15. The molecule has 10 nitrogen and oxygen atoms in total. The summed E-state index contributed by atoms with van der Waals surface area (Å²) in [7, 11) is -2.13. The lowest BCUT2D eigenvalue weighted by molar-refractivity contribution is 0.0554. The van der Waals surface area contributed by atoms with Gasteiger partial charge >= 0.3 is 6.03 Å². The molecule has 1 aliphatic heterocycles. The normalized spacial score (nSPS) is 14.3. The second-order valence-corrected chi connectivity index (χ2v) is 21.0. The molecule has 0 spiro atoms. The molecule has 2 heterocycles. The van der Waals surface area contributed by atoms with Crippen molar-refractivity contribution >= 4 is 31.9 Å². The quantitative estimate of drug-likeness (QED) is 0.117. The lowest BCUT2D eigenvalue weighted by Gasteiger charge is -2.41. The van der Waals surface area contributed by atoms with Crippen molar-refractivity contribution in [3.63, 3.8) is 0 Å². The van der Waals surface area contributed by atoms with Gasteiger partial charge in [-0.2, -0.15) is 5.10 Å². The first kappa shape index (κ1) is 41.4. The second kappa shape index (κ2) is 18.3. The Labute approximate surface area is 328 Å². The number of amides is 4. The molecule has 2 N–H and O–H groups in total. The molecule has 3 aromatic carbocycles. The van der Waals surface area contributed by atoms with E-state index in [1.54, 1.807) is 28.9 Å². The highest BCUT2D eigenvalue weighted by Crippen LogP contribution is 2.37. The molecule has 1 aromatic heterocycles. The number of carbonyl (C=O) groups excluding carboxylic acids is 3. The van der Waals surface area contributed by atoms with E-state index >= 15 is 4.79 Å². The fourth-order valence-electron chi connectivity index (χ4n) is 6.57. The van der Waals surface area contributed by atoms with Crippen LogP contribution in [0.5, 0.6) is 0 Å². The molecule has 0 radical (unpaired) electrons. The van der Waals surface area contributed by atoms with Crippen LogP contribution >= 0.6 is 0 Å². The average molecular weight is 765 g/mol. The number of benzene rings is 3. The van der Waals surface area contributed by atoms with E-state index in [9.17, 15) is 9.59 Å². The van der Waals surface area contributed by atoms with Gasteiger partial charge in [-0.15, -0.1) is 0 Å². The van der Waals surface area contributed by atoms with Gasteiger partial charge in [0.1, 0.15) is 0 Å². The van der Waals surface area contributed by atoms with Gasteiger partial charge in [0.15, 0.2) is 14.0 Å². The number of urea groups is 1. The Balaban J connectivity index is 1.53. The summed E-state index contributed by atoms with van der Waals surface area (Å²) < 4.78 is 8.46. The predicted molar refractivity (Wildman–Crippen MR) is 223 cm³/mol. The Morgan fingerprint density at radius 2 is 1.56 bits per heavy atom. The van der Waals surface area contributed by atoms with Crippen LogP contribution in [0.25, 0.3) is 5.69 Å². The van der Waals surface area contributed by atoms with Crippen LogP contribution in [0, 0.1) is 6.92 Å². The Kier molecular flexibility index (Phi) is 13.8. The lowest BCUT2D eigenvalue weighted by Crippen LogP contribution is -2.50. The van der Waals surface area contributed by atoms with Gasteiger partial charge < -0.3 is 24.9 Å². The summed E-state index contributed by atoms with van der Waals surface area (Å²) in [4.78, 5) is 45.9. The van der Waals surface area contributed by atoms with Crippen molar-refractivity contribution in [3.05, 3.63) is 113 Å². The number of anilines is 1. The predicted octanol–water partition coefficient (Wildman–Crippen LogP) is 9.13. The first-order chi connectivity index (χ1) is 26.2.